The number of nitrogens with one attached hydrogen (secondary N) is 1. The lowest BCUT2D eigenvalue weighted by molar-refractivity contribution is -0.118. The van der Waals surface area contributed by atoms with E-state index in [1.807, 2.05) is 67.6 Å². The minimum absolute atomic E-state index is 0.136. The first kappa shape index (κ1) is 21.2. The van der Waals surface area contributed by atoms with Crippen LogP contribution in [0, 0.1) is 6.92 Å². The standard InChI is InChI=1S/C24H20ClN3O2S/c1-16-7-2-5-12-21(16)28-23(30)19-10-3-4-11-20(19)27-24(28)31-15-22(29)26-14-17-8-6-9-18(25)13-17/h2-13H,14-15H2,1H3,(H,26,29). The molecule has 0 radical (unpaired) electrons. The summed E-state index contributed by atoms with van der Waals surface area (Å²) < 4.78 is 1.59. The summed E-state index contributed by atoms with van der Waals surface area (Å²) in [7, 11) is 0. The first-order valence-electron chi connectivity index (χ1n) is 9.74. The van der Waals surface area contributed by atoms with Crippen LogP contribution < -0.4 is 10.9 Å². The molecule has 156 valence electrons. The number of halogens is 1. The van der Waals surface area contributed by atoms with Gasteiger partial charge in [-0.3, -0.25) is 14.2 Å². The molecule has 31 heavy (non-hydrogen) atoms. The Morgan fingerprint density at radius 2 is 1.84 bits per heavy atom. The van der Waals surface area contributed by atoms with E-state index in [0.29, 0.717) is 27.6 Å². The Morgan fingerprint density at radius 1 is 1.06 bits per heavy atom. The van der Waals surface area contributed by atoms with E-state index in [9.17, 15) is 9.59 Å². The molecule has 0 aliphatic rings. The van der Waals surface area contributed by atoms with Crippen molar-refractivity contribution in [1.82, 2.24) is 14.9 Å². The number of aryl methyl sites for hydroxylation is 1. The van der Waals surface area contributed by atoms with Crippen LogP contribution in [0.15, 0.2) is 82.7 Å². The predicted molar refractivity (Wildman–Crippen MR) is 126 cm³/mol. The lowest BCUT2D eigenvalue weighted by Gasteiger charge is -2.15. The van der Waals surface area contributed by atoms with E-state index >= 15 is 0 Å². The maximum absolute atomic E-state index is 13.3. The third kappa shape index (κ3) is 4.81. The van der Waals surface area contributed by atoms with Crippen molar-refractivity contribution in [3.05, 3.63) is 99.3 Å². The van der Waals surface area contributed by atoms with Gasteiger partial charge in [0.15, 0.2) is 5.16 Å². The fourth-order valence-corrected chi connectivity index (χ4v) is 4.31. The topological polar surface area (TPSA) is 64.0 Å². The number of amides is 1. The van der Waals surface area contributed by atoms with E-state index in [1.54, 1.807) is 16.7 Å². The number of thioether (sulfide) groups is 1. The van der Waals surface area contributed by atoms with Gasteiger partial charge in [0.25, 0.3) is 5.56 Å². The first-order valence-corrected chi connectivity index (χ1v) is 11.1. The Labute approximate surface area is 189 Å². The number of para-hydroxylation sites is 2. The number of nitrogens with zero attached hydrogens (tertiary/aromatic N) is 2. The molecule has 0 aliphatic carbocycles. The molecule has 4 aromatic rings. The molecule has 0 atom stereocenters. The van der Waals surface area contributed by atoms with E-state index in [-0.39, 0.29) is 17.2 Å². The van der Waals surface area contributed by atoms with Crippen molar-refractivity contribution in [3.63, 3.8) is 0 Å². The molecule has 0 aliphatic heterocycles. The van der Waals surface area contributed by atoms with Gasteiger partial charge in [0.1, 0.15) is 0 Å². The zero-order chi connectivity index (χ0) is 21.8. The Hall–Kier alpha value is -3.09. The minimum Gasteiger partial charge on any atom is -0.351 e. The Balaban J connectivity index is 1.61. The van der Waals surface area contributed by atoms with Crippen molar-refractivity contribution in [2.24, 2.45) is 0 Å². The highest BCUT2D eigenvalue weighted by atomic mass is 35.5. The van der Waals surface area contributed by atoms with Crippen molar-refractivity contribution in [1.29, 1.82) is 0 Å². The second kappa shape index (κ2) is 9.37. The van der Waals surface area contributed by atoms with Crippen LogP contribution in [0.2, 0.25) is 5.02 Å². The monoisotopic (exact) mass is 449 g/mol. The van der Waals surface area contributed by atoms with Gasteiger partial charge >= 0.3 is 0 Å². The normalized spacial score (nSPS) is 10.9. The molecule has 4 rings (SSSR count). The van der Waals surface area contributed by atoms with Crippen LogP contribution in [0.25, 0.3) is 16.6 Å². The van der Waals surface area contributed by atoms with Crippen molar-refractivity contribution in [3.8, 4) is 5.69 Å². The van der Waals surface area contributed by atoms with Crippen LogP contribution >= 0.6 is 23.4 Å². The number of hydrogen-bond donors (Lipinski definition) is 1. The highest BCUT2D eigenvalue weighted by molar-refractivity contribution is 7.99. The average molecular weight is 450 g/mol. The third-order valence-electron chi connectivity index (χ3n) is 4.81. The molecule has 3 aromatic carbocycles. The molecule has 5 nitrogen and oxygen atoms in total. The maximum Gasteiger partial charge on any atom is 0.266 e. The Morgan fingerprint density at radius 3 is 2.65 bits per heavy atom. The van der Waals surface area contributed by atoms with Gasteiger partial charge in [-0.25, -0.2) is 4.98 Å². The average Bonchev–Trinajstić information content (AvgIpc) is 2.77. The first-order chi connectivity index (χ1) is 15.0. The SMILES string of the molecule is Cc1ccccc1-n1c(SCC(=O)NCc2cccc(Cl)c2)nc2ccccc2c1=O. The summed E-state index contributed by atoms with van der Waals surface area (Å²) in [5.41, 5.74) is 3.09. The summed E-state index contributed by atoms with van der Waals surface area (Å²) in [5, 5.41) is 4.54. The van der Waals surface area contributed by atoms with Gasteiger partial charge in [-0.1, -0.05) is 65.8 Å². The number of rotatable bonds is 6. The number of aromatic nitrogens is 2. The molecule has 0 bridgehead atoms. The van der Waals surface area contributed by atoms with Crippen molar-refractivity contribution in [2.75, 3.05) is 5.75 Å². The second-order valence-corrected chi connectivity index (χ2v) is 8.41. The van der Waals surface area contributed by atoms with Crippen LogP contribution in [0.1, 0.15) is 11.1 Å². The molecular weight excluding hydrogens is 430 g/mol. The smallest absolute Gasteiger partial charge is 0.266 e. The van der Waals surface area contributed by atoms with Gasteiger partial charge in [0.2, 0.25) is 5.91 Å². The van der Waals surface area contributed by atoms with Crippen LogP contribution in [-0.2, 0) is 11.3 Å². The van der Waals surface area contributed by atoms with Crippen LogP contribution in [-0.4, -0.2) is 21.2 Å². The number of benzene rings is 3. The summed E-state index contributed by atoms with van der Waals surface area (Å²) in [6.45, 7) is 2.33. The highest BCUT2D eigenvalue weighted by Gasteiger charge is 2.15. The minimum atomic E-state index is -0.151. The highest BCUT2D eigenvalue weighted by Crippen LogP contribution is 2.23. The molecule has 1 aromatic heterocycles. The van der Waals surface area contributed by atoms with Crippen LogP contribution in [0.5, 0.6) is 0 Å². The molecule has 0 saturated heterocycles. The lowest BCUT2D eigenvalue weighted by atomic mass is 10.2. The van der Waals surface area contributed by atoms with E-state index < -0.39 is 0 Å². The van der Waals surface area contributed by atoms with Gasteiger partial charge in [-0.2, -0.15) is 0 Å². The van der Waals surface area contributed by atoms with Crippen molar-refractivity contribution in [2.45, 2.75) is 18.6 Å². The van der Waals surface area contributed by atoms with Gasteiger partial charge < -0.3 is 5.32 Å². The van der Waals surface area contributed by atoms with Gasteiger partial charge in [0.05, 0.1) is 22.3 Å². The van der Waals surface area contributed by atoms with E-state index in [2.05, 4.69) is 10.3 Å². The van der Waals surface area contributed by atoms with E-state index in [0.717, 1.165) is 16.8 Å². The largest absolute Gasteiger partial charge is 0.351 e. The predicted octanol–water partition coefficient (Wildman–Crippen LogP) is 4.76. The quantitative estimate of drug-likeness (QED) is 0.340. The summed E-state index contributed by atoms with van der Waals surface area (Å²) in [4.78, 5) is 30.4. The maximum atomic E-state index is 13.3. The van der Waals surface area contributed by atoms with Gasteiger partial charge in [-0.05, 0) is 48.4 Å². The van der Waals surface area contributed by atoms with Crippen LogP contribution in [0.4, 0.5) is 0 Å². The second-order valence-electron chi connectivity index (χ2n) is 7.03. The lowest BCUT2D eigenvalue weighted by Crippen LogP contribution is -2.26. The van der Waals surface area contributed by atoms with Crippen molar-refractivity contribution < 1.29 is 4.79 Å². The third-order valence-corrected chi connectivity index (χ3v) is 5.99. The van der Waals surface area contributed by atoms with Gasteiger partial charge in [-0.15, -0.1) is 0 Å². The molecule has 7 heteroatoms. The molecule has 0 fully saturated rings. The van der Waals surface area contributed by atoms with E-state index in [1.165, 1.54) is 11.8 Å². The Bertz CT molecular complexity index is 1320. The summed E-state index contributed by atoms with van der Waals surface area (Å²) in [5.74, 6) is -0.0132. The zero-order valence-electron chi connectivity index (χ0n) is 16.8. The van der Waals surface area contributed by atoms with Crippen molar-refractivity contribution >= 4 is 40.2 Å². The zero-order valence-corrected chi connectivity index (χ0v) is 18.4. The van der Waals surface area contributed by atoms with Gasteiger partial charge in [0, 0.05) is 11.6 Å². The van der Waals surface area contributed by atoms with Crippen LogP contribution in [0.3, 0.4) is 0 Å². The Kier molecular flexibility index (Phi) is 6.39. The fraction of sp³-hybridized carbons (Fsp3) is 0.125. The number of carbonyl (C=O) groups is 1. The molecule has 0 saturated carbocycles. The number of hydrogen-bond acceptors (Lipinski definition) is 4. The molecule has 0 spiro atoms. The molecule has 1 N–H and O–H groups in total. The summed E-state index contributed by atoms with van der Waals surface area (Å²) in [6.07, 6.45) is 0. The fourth-order valence-electron chi connectivity index (χ4n) is 3.26. The molecule has 1 heterocycles. The molecule has 0 unspecified atom stereocenters. The summed E-state index contributed by atoms with van der Waals surface area (Å²) >= 11 is 7.23. The number of fused-ring (bicyclic) bond motifs is 1. The molecule has 1 amide bonds. The summed E-state index contributed by atoms with van der Waals surface area (Å²) in [6, 6.07) is 22.2. The molecular formula is C24H20ClN3O2S. The van der Waals surface area contributed by atoms with E-state index in [4.69, 9.17) is 11.6 Å². The number of carbonyl (C=O) groups excluding carboxylic acids is 1.